The van der Waals surface area contributed by atoms with E-state index in [9.17, 15) is 19.2 Å². The van der Waals surface area contributed by atoms with Gasteiger partial charge in [-0.05, 0) is 31.7 Å². The molecule has 1 aliphatic carbocycles. The van der Waals surface area contributed by atoms with E-state index < -0.39 is 11.4 Å². The Balaban J connectivity index is 1.53. The first-order valence-electron chi connectivity index (χ1n) is 10.5. The summed E-state index contributed by atoms with van der Waals surface area (Å²) >= 11 is 0. The Hall–Kier alpha value is -3.25. The number of nitriles is 1. The first kappa shape index (κ1) is 21.0. The third kappa shape index (κ3) is 4.44. The summed E-state index contributed by atoms with van der Waals surface area (Å²) in [6.07, 6.45) is 4.60. The monoisotopic (exact) mass is 424 g/mol. The number of anilines is 1. The van der Waals surface area contributed by atoms with Gasteiger partial charge in [-0.1, -0.05) is 18.2 Å². The predicted octanol–water partition coefficient (Wildman–Crippen LogP) is 2.37. The summed E-state index contributed by atoms with van der Waals surface area (Å²) in [6, 6.07) is 8.94. The summed E-state index contributed by atoms with van der Waals surface area (Å²) < 4.78 is 15.6. The van der Waals surface area contributed by atoms with Crippen LogP contribution in [0.15, 0.2) is 30.5 Å². The lowest BCUT2D eigenvalue weighted by Crippen LogP contribution is -2.46. The molecule has 0 atom stereocenters. The summed E-state index contributed by atoms with van der Waals surface area (Å²) in [5.74, 6) is -0.968. The molecule has 162 valence electrons. The number of nitrogens with one attached hydrogen (secondary N) is 1. The van der Waals surface area contributed by atoms with Crippen molar-refractivity contribution in [2.75, 3.05) is 18.4 Å². The van der Waals surface area contributed by atoms with Gasteiger partial charge in [0.15, 0.2) is 5.82 Å². The highest BCUT2D eigenvalue weighted by atomic mass is 19.1. The Kier molecular flexibility index (Phi) is 5.74. The Labute approximate surface area is 179 Å². The molecular weight excluding hydrogens is 399 g/mol. The Morgan fingerprint density at radius 3 is 2.61 bits per heavy atom. The van der Waals surface area contributed by atoms with E-state index in [-0.39, 0.29) is 35.4 Å². The van der Waals surface area contributed by atoms with Crippen LogP contribution in [0.4, 0.5) is 10.2 Å². The van der Waals surface area contributed by atoms with E-state index in [1.54, 1.807) is 16.8 Å². The maximum atomic E-state index is 14.0. The fourth-order valence-electron chi connectivity index (χ4n) is 4.08. The molecule has 2 aliphatic rings. The van der Waals surface area contributed by atoms with Crippen LogP contribution in [0.5, 0.6) is 0 Å². The van der Waals surface area contributed by atoms with Crippen LogP contribution in [0.1, 0.15) is 48.0 Å². The van der Waals surface area contributed by atoms with Gasteiger partial charge in [-0.15, -0.1) is 0 Å². The van der Waals surface area contributed by atoms with Crippen LogP contribution in [0.3, 0.4) is 0 Å². The van der Waals surface area contributed by atoms with Crippen LogP contribution >= 0.6 is 0 Å². The summed E-state index contributed by atoms with van der Waals surface area (Å²) in [5.41, 5.74) is 5.67. The van der Waals surface area contributed by atoms with Crippen LogP contribution in [0.25, 0.3) is 0 Å². The first-order valence-corrected chi connectivity index (χ1v) is 10.5. The smallest absolute Gasteiger partial charge is 0.254 e. The normalized spacial score (nSPS) is 18.3. The molecule has 2 aromatic rings. The molecule has 1 aromatic carbocycles. The standard InChI is InChI=1S/C22H25FN6O2/c23-18-4-2-1-3-16(18)13-28-11-8-22(7-10-24,9-12-28)29-14-17(19(25)30)20(27-29)26-21(31)15-5-6-15/h1-4,14-15H,5-9,11-13H2,(H2,25,30)(H,26,27,31). The van der Waals surface area contributed by atoms with Crippen LogP contribution in [0.2, 0.25) is 0 Å². The number of carbonyl (C=O) groups excluding carboxylic acids is 2. The number of hydrogen-bond acceptors (Lipinski definition) is 5. The third-order valence-corrected chi connectivity index (χ3v) is 6.20. The average Bonchev–Trinajstić information content (AvgIpc) is 3.51. The lowest BCUT2D eigenvalue weighted by molar-refractivity contribution is -0.117. The fourth-order valence-corrected chi connectivity index (χ4v) is 4.08. The Morgan fingerprint density at radius 1 is 1.29 bits per heavy atom. The molecule has 2 heterocycles. The minimum atomic E-state index is -0.679. The van der Waals surface area contributed by atoms with Gasteiger partial charge in [0.25, 0.3) is 5.91 Å². The number of likely N-dealkylation sites (tertiary alicyclic amines) is 1. The highest BCUT2D eigenvalue weighted by molar-refractivity contribution is 6.02. The van der Waals surface area contributed by atoms with Gasteiger partial charge in [0.1, 0.15) is 11.4 Å². The van der Waals surface area contributed by atoms with E-state index in [1.165, 1.54) is 12.3 Å². The van der Waals surface area contributed by atoms with Crippen molar-refractivity contribution in [2.45, 2.75) is 44.2 Å². The first-order chi connectivity index (χ1) is 14.9. The van der Waals surface area contributed by atoms with Gasteiger partial charge in [-0.3, -0.25) is 19.2 Å². The van der Waals surface area contributed by atoms with Gasteiger partial charge in [0, 0.05) is 37.3 Å². The predicted molar refractivity (Wildman–Crippen MR) is 111 cm³/mol. The van der Waals surface area contributed by atoms with Crippen LogP contribution in [0, 0.1) is 23.1 Å². The number of nitrogens with zero attached hydrogens (tertiary/aromatic N) is 4. The second-order valence-electron chi connectivity index (χ2n) is 8.39. The molecule has 2 amide bonds. The highest BCUT2D eigenvalue weighted by Gasteiger charge is 2.39. The highest BCUT2D eigenvalue weighted by Crippen LogP contribution is 2.36. The lowest BCUT2D eigenvalue weighted by atomic mass is 9.84. The van der Waals surface area contributed by atoms with Gasteiger partial charge in [0.2, 0.25) is 5.91 Å². The van der Waals surface area contributed by atoms with E-state index in [2.05, 4.69) is 21.4 Å². The molecule has 1 saturated carbocycles. The molecule has 0 bridgehead atoms. The number of nitrogens with two attached hydrogens (primary N) is 1. The van der Waals surface area contributed by atoms with E-state index >= 15 is 0 Å². The zero-order valence-corrected chi connectivity index (χ0v) is 17.2. The Morgan fingerprint density at radius 2 is 2.00 bits per heavy atom. The molecule has 4 rings (SSSR count). The van der Waals surface area contributed by atoms with Crippen LogP contribution < -0.4 is 11.1 Å². The lowest BCUT2D eigenvalue weighted by Gasteiger charge is -2.40. The number of piperidine rings is 1. The minimum absolute atomic E-state index is 0.0411. The van der Waals surface area contributed by atoms with Crippen molar-refractivity contribution in [1.29, 1.82) is 5.26 Å². The number of amides is 2. The number of aromatic nitrogens is 2. The zero-order chi connectivity index (χ0) is 22.0. The molecule has 1 aromatic heterocycles. The van der Waals surface area contributed by atoms with E-state index in [0.29, 0.717) is 38.0 Å². The number of primary amides is 1. The van der Waals surface area contributed by atoms with Crippen molar-refractivity contribution in [3.05, 3.63) is 47.4 Å². The van der Waals surface area contributed by atoms with E-state index in [4.69, 9.17) is 5.73 Å². The molecule has 0 unspecified atom stereocenters. The van der Waals surface area contributed by atoms with Crippen LogP contribution in [-0.2, 0) is 16.9 Å². The van der Waals surface area contributed by atoms with Gasteiger partial charge in [-0.2, -0.15) is 10.4 Å². The van der Waals surface area contributed by atoms with Crippen molar-refractivity contribution in [2.24, 2.45) is 11.7 Å². The molecule has 3 N–H and O–H groups in total. The summed E-state index contributed by atoms with van der Waals surface area (Å²) in [5, 5.41) is 16.7. The molecule has 2 fully saturated rings. The van der Waals surface area contributed by atoms with Gasteiger partial charge in [0.05, 0.1) is 18.0 Å². The van der Waals surface area contributed by atoms with Crippen molar-refractivity contribution in [1.82, 2.24) is 14.7 Å². The third-order valence-electron chi connectivity index (χ3n) is 6.20. The largest absolute Gasteiger partial charge is 0.365 e. The summed E-state index contributed by atoms with van der Waals surface area (Å²) in [6.45, 7) is 1.78. The summed E-state index contributed by atoms with van der Waals surface area (Å²) in [4.78, 5) is 26.3. The van der Waals surface area contributed by atoms with E-state index in [0.717, 1.165) is 12.8 Å². The minimum Gasteiger partial charge on any atom is -0.365 e. The molecule has 1 aliphatic heterocycles. The molecule has 1 saturated heterocycles. The molecule has 8 nitrogen and oxygen atoms in total. The second kappa shape index (κ2) is 8.47. The van der Waals surface area contributed by atoms with Gasteiger partial charge >= 0.3 is 0 Å². The van der Waals surface area contributed by atoms with E-state index in [1.807, 2.05) is 6.07 Å². The number of benzene rings is 1. The molecular formula is C22H25FN6O2. The van der Waals surface area contributed by atoms with Gasteiger partial charge < -0.3 is 11.1 Å². The Bertz CT molecular complexity index is 1030. The average molecular weight is 424 g/mol. The zero-order valence-electron chi connectivity index (χ0n) is 17.2. The summed E-state index contributed by atoms with van der Waals surface area (Å²) in [7, 11) is 0. The maximum absolute atomic E-state index is 14.0. The quantitative estimate of drug-likeness (QED) is 0.708. The number of rotatable bonds is 7. The molecule has 31 heavy (non-hydrogen) atoms. The van der Waals surface area contributed by atoms with Crippen molar-refractivity contribution >= 4 is 17.6 Å². The maximum Gasteiger partial charge on any atom is 0.254 e. The fraction of sp³-hybridized carbons (Fsp3) is 0.455. The van der Waals surface area contributed by atoms with Crippen molar-refractivity contribution in [3.8, 4) is 6.07 Å². The SMILES string of the molecule is N#CCC1(n2cc(C(N)=O)c(NC(=O)C3CC3)n2)CCN(Cc2ccccc2F)CC1. The number of hydrogen-bond donors (Lipinski definition) is 2. The molecule has 0 radical (unpaired) electrons. The van der Waals surface area contributed by atoms with Crippen LogP contribution in [-0.4, -0.2) is 39.6 Å². The number of halogens is 1. The van der Waals surface area contributed by atoms with Gasteiger partial charge in [-0.25, -0.2) is 4.39 Å². The number of carbonyl (C=O) groups is 2. The van der Waals surface area contributed by atoms with Crippen molar-refractivity contribution in [3.63, 3.8) is 0 Å². The molecule has 0 spiro atoms. The molecule has 9 heteroatoms. The second-order valence-corrected chi connectivity index (χ2v) is 8.39. The van der Waals surface area contributed by atoms with Crippen molar-refractivity contribution < 1.29 is 14.0 Å². The topological polar surface area (TPSA) is 117 Å².